The Morgan fingerprint density at radius 3 is 2.25 bits per heavy atom. The summed E-state index contributed by atoms with van der Waals surface area (Å²) in [5.74, 6) is 2.08. The third-order valence-corrected chi connectivity index (χ3v) is 6.43. The van der Waals surface area contributed by atoms with Gasteiger partial charge in [0.25, 0.3) is 5.91 Å². The predicted octanol–water partition coefficient (Wildman–Crippen LogP) is 3.60. The molecule has 0 atom stereocenters. The molecule has 4 aliphatic carbocycles. The molecule has 5 rings (SSSR count). The lowest BCUT2D eigenvalue weighted by atomic mass is 9.48. The molecule has 0 unspecified atom stereocenters. The minimum Gasteiger partial charge on any atom is -0.485 e. The summed E-state index contributed by atoms with van der Waals surface area (Å²) in [6, 6.07) is 4.72. The van der Waals surface area contributed by atoms with Crippen molar-refractivity contribution in [1.29, 1.82) is 0 Å². The highest BCUT2D eigenvalue weighted by molar-refractivity contribution is 6.31. The van der Waals surface area contributed by atoms with Crippen molar-refractivity contribution in [2.24, 2.45) is 28.9 Å². The molecule has 1 amide bonds. The summed E-state index contributed by atoms with van der Waals surface area (Å²) in [4.78, 5) is 24.5. The molecule has 4 nitrogen and oxygen atoms in total. The normalized spacial score (nSPS) is 33.5. The highest BCUT2D eigenvalue weighted by Gasteiger charge is 2.54. The number of amides is 1. The second-order valence-corrected chi connectivity index (χ2v) is 8.35. The van der Waals surface area contributed by atoms with Crippen LogP contribution in [0.5, 0.6) is 5.75 Å². The van der Waals surface area contributed by atoms with Gasteiger partial charge in [0.15, 0.2) is 5.78 Å². The average molecular weight is 348 g/mol. The van der Waals surface area contributed by atoms with E-state index in [9.17, 15) is 9.59 Å². The molecule has 0 spiro atoms. The van der Waals surface area contributed by atoms with Gasteiger partial charge < -0.3 is 10.5 Å². The van der Waals surface area contributed by atoms with Crippen molar-refractivity contribution < 1.29 is 14.3 Å². The van der Waals surface area contributed by atoms with Crippen molar-refractivity contribution in [3.8, 4) is 5.75 Å². The standard InChI is InChI=1S/C19H22ClNO3/c20-14-1-2-16(15(6-14)18(21)23)24-10-17(22)19-7-11-3-12(8-19)5-13(4-11)9-19/h1-2,6,11-13H,3-5,7-10H2,(H2,21,23). The van der Waals surface area contributed by atoms with Crippen LogP contribution in [0.1, 0.15) is 48.9 Å². The molecule has 2 N–H and O–H groups in total. The number of ketones is 1. The van der Waals surface area contributed by atoms with E-state index in [2.05, 4.69) is 0 Å². The molecule has 0 saturated heterocycles. The van der Waals surface area contributed by atoms with Gasteiger partial charge in [-0.25, -0.2) is 0 Å². The second-order valence-electron chi connectivity index (χ2n) is 7.91. The topological polar surface area (TPSA) is 69.4 Å². The first-order valence-electron chi connectivity index (χ1n) is 8.71. The molecular formula is C19H22ClNO3. The Kier molecular flexibility index (Phi) is 3.83. The first kappa shape index (κ1) is 15.9. The second kappa shape index (κ2) is 5.76. The molecular weight excluding hydrogens is 326 g/mol. The summed E-state index contributed by atoms with van der Waals surface area (Å²) in [6.07, 6.45) is 6.96. The van der Waals surface area contributed by atoms with E-state index in [0.29, 0.717) is 10.8 Å². The number of ether oxygens (including phenoxy) is 1. The molecule has 4 fully saturated rings. The van der Waals surface area contributed by atoms with Gasteiger partial charge in [0.1, 0.15) is 12.4 Å². The summed E-state index contributed by atoms with van der Waals surface area (Å²) in [6.45, 7) is 0.00801. The molecule has 1 aromatic carbocycles. The monoisotopic (exact) mass is 347 g/mol. The van der Waals surface area contributed by atoms with Crippen LogP contribution < -0.4 is 10.5 Å². The third kappa shape index (κ3) is 2.71. The van der Waals surface area contributed by atoms with Crippen LogP contribution in [0.25, 0.3) is 0 Å². The van der Waals surface area contributed by atoms with Crippen LogP contribution in [-0.2, 0) is 4.79 Å². The van der Waals surface area contributed by atoms with Gasteiger partial charge >= 0.3 is 0 Å². The SMILES string of the molecule is NC(=O)c1cc(Cl)ccc1OCC(=O)C12CC3CC(CC(C3)C1)C2. The zero-order chi connectivity index (χ0) is 16.9. The van der Waals surface area contributed by atoms with Crippen molar-refractivity contribution in [2.45, 2.75) is 38.5 Å². The highest BCUT2D eigenvalue weighted by atomic mass is 35.5. The Labute approximate surface area is 146 Å². The van der Waals surface area contributed by atoms with E-state index in [1.165, 1.54) is 25.3 Å². The van der Waals surface area contributed by atoms with Crippen LogP contribution in [0.2, 0.25) is 5.02 Å². The quantitative estimate of drug-likeness (QED) is 0.884. The number of carbonyl (C=O) groups excluding carboxylic acids is 2. The lowest BCUT2D eigenvalue weighted by molar-refractivity contribution is -0.146. The van der Waals surface area contributed by atoms with Crippen LogP contribution in [-0.4, -0.2) is 18.3 Å². The Bertz CT molecular complexity index is 665. The Morgan fingerprint density at radius 2 is 1.71 bits per heavy atom. The zero-order valence-corrected chi connectivity index (χ0v) is 14.3. The number of rotatable bonds is 5. The van der Waals surface area contributed by atoms with Crippen LogP contribution in [0.3, 0.4) is 0 Å². The predicted molar refractivity (Wildman–Crippen MR) is 91.1 cm³/mol. The molecule has 5 heteroatoms. The molecule has 4 saturated carbocycles. The number of benzene rings is 1. The summed E-state index contributed by atoms with van der Waals surface area (Å²) in [5.41, 5.74) is 5.41. The average Bonchev–Trinajstić information content (AvgIpc) is 2.52. The maximum atomic E-state index is 13.0. The van der Waals surface area contributed by atoms with E-state index in [1.807, 2.05) is 0 Å². The summed E-state index contributed by atoms with van der Waals surface area (Å²) in [7, 11) is 0. The van der Waals surface area contributed by atoms with Crippen LogP contribution in [0.4, 0.5) is 0 Å². The molecule has 0 radical (unpaired) electrons. The van der Waals surface area contributed by atoms with Gasteiger partial charge in [-0.2, -0.15) is 0 Å². The van der Waals surface area contributed by atoms with Gasteiger partial charge in [-0.3, -0.25) is 9.59 Å². The maximum absolute atomic E-state index is 13.0. The number of carbonyl (C=O) groups is 2. The number of Topliss-reactive ketones (excluding diaryl/α,β-unsaturated/α-hetero) is 1. The van der Waals surface area contributed by atoms with E-state index < -0.39 is 5.91 Å². The molecule has 0 aromatic heterocycles. The number of halogens is 1. The van der Waals surface area contributed by atoms with E-state index in [-0.39, 0.29) is 23.4 Å². The number of hydrogen-bond acceptors (Lipinski definition) is 3. The van der Waals surface area contributed by atoms with Crippen molar-refractivity contribution >= 4 is 23.3 Å². The van der Waals surface area contributed by atoms with Gasteiger partial charge in [-0.05, 0) is 74.5 Å². The molecule has 128 valence electrons. The van der Waals surface area contributed by atoms with E-state index in [1.54, 1.807) is 12.1 Å². The fourth-order valence-electron chi connectivity index (χ4n) is 5.57. The van der Waals surface area contributed by atoms with Crippen molar-refractivity contribution in [2.75, 3.05) is 6.61 Å². The Balaban J connectivity index is 1.49. The minimum absolute atomic E-state index is 0.00801. The molecule has 24 heavy (non-hydrogen) atoms. The van der Waals surface area contributed by atoms with Gasteiger partial charge in [0.2, 0.25) is 0 Å². The molecule has 1 aromatic rings. The molecule has 4 aliphatic rings. The van der Waals surface area contributed by atoms with Gasteiger partial charge in [0.05, 0.1) is 5.56 Å². The first-order valence-corrected chi connectivity index (χ1v) is 9.08. The zero-order valence-electron chi connectivity index (χ0n) is 13.6. The molecule has 0 aliphatic heterocycles. The van der Waals surface area contributed by atoms with Crippen molar-refractivity contribution in [3.05, 3.63) is 28.8 Å². The fraction of sp³-hybridized carbons (Fsp3) is 0.579. The summed E-state index contributed by atoms with van der Waals surface area (Å²) >= 11 is 5.90. The first-order chi connectivity index (χ1) is 11.4. The van der Waals surface area contributed by atoms with Crippen LogP contribution in [0, 0.1) is 23.2 Å². The fourth-order valence-corrected chi connectivity index (χ4v) is 5.74. The van der Waals surface area contributed by atoms with E-state index in [4.69, 9.17) is 22.1 Å². The molecule has 4 bridgehead atoms. The lowest BCUT2D eigenvalue weighted by Crippen LogP contribution is -2.51. The van der Waals surface area contributed by atoms with Crippen LogP contribution in [0.15, 0.2) is 18.2 Å². The molecule has 0 heterocycles. The van der Waals surface area contributed by atoms with Gasteiger partial charge in [-0.1, -0.05) is 11.6 Å². The third-order valence-electron chi connectivity index (χ3n) is 6.20. The van der Waals surface area contributed by atoms with E-state index >= 15 is 0 Å². The van der Waals surface area contributed by atoms with Crippen molar-refractivity contribution in [3.63, 3.8) is 0 Å². The smallest absolute Gasteiger partial charge is 0.252 e. The number of nitrogens with two attached hydrogens (primary N) is 1. The highest BCUT2D eigenvalue weighted by Crippen LogP contribution is 2.60. The summed E-state index contributed by atoms with van der Waals surface area (Å²) in [5, 5.41) is 0.420. The minimum atomic E-state index is -0.602. The van der Waals surface area contributed by atoms with E-state index in [0.717, 1.165) is 37.0 Å². The van der Waals surface area contributed by atoms with Crippen molar-refractivity contribution in [1.82, 2.24) is 0 Å². The maximum Gasteiger partial charge on any atom is 0.252 e. The number of primary amides is 1. The van der Waals surface area contributed by atoms with Gasteiger partial charge in [-0.15, -0.1) is 0 Å². The summed E-state index contributed by atoms with van der Waals surface area (Å²) < 4.78 is 5.70. The Morgan fingerprint density at radius 1 is 1.12 bits per heavy atom. The van der Waals surface area contributed by atoms with Crippen LogP contribution >= 0.6 is 11.6 Å². The number of hydrogen-bond donors (Lipinski definition) is 1. The Hall–Kier alpha value is -1.55. The van der Waals surface area contributed by atoms with Gasteiger partial charge in [0, 0.05) is 10.4 Å². The largest absolute Gasteiger partial charge is 0.485 e. The lowest BCUT2D eigenvalue weighted by Gasteiger charge is -2.55.